The molecule has 3 heterocycles. The smallest absolute Gasteiger partial charge is 0.0547 e. The lowest BCUT2D eigenvalue weighted by Gasteiger charge is -2.36. The standard InChI is InChI=1S/C60H42N2S/c1-3-13-38(14-4-1)39-21-25-42(26-22-39)61-56-34-41(23-28-46(56)50-36-53-48(37-57(50)61)44-15-5-8-18-52(44)60(53)31-11-2-12-32-60)40-24-29-55-49(33-40)45-16-6-9-19-54(45)62(55)43-27-30-59-51(35-43)47-17-7-10-20-58(47)63-59/h1,3-10,13-30,33-37H,2,11-12,31-32H2. The second-order valence-electron chi connectivity index (χ2n) is 17.9. The van der Waals surface area contributed by atoms with Gasteiger partial charge in [0.15, 0.2) is 0 Å². The summed E-state index contributed by atoms with van der Waals surface area (Å²) < 4.78 is 7.65. The number of aromatic nitrogens is 2. The lowest BCUT2D eigenvalue weighted by Crippen LogP contribution is -2.27. The van der Waals surface area contributed by atoms with Crippen molar-refractivity contribution in [3.05, 3.63) is 205 Å². The summed E-state index contributed by atoms with van der Waals surface area (Å²) in [5.41, 5.74) is 18.2. The molecule has 298 valence electrons. The van der Waals surface area contributed by atoms with Crippen LogP contribution in [0, 0.1) is 0 Å². The van der Waals surface area contributed by atoms with Crippen LogP contribution in [0.1, 0.15) is 43.2 Å². The predicted molar refractivity (Wildman–Crippen MR) is 268 cm³/mol. The van der Waals surface area contributed by atoms with E-state index in [0.717, 1.165) is 0 Å². The van der Waals surface area contributed by atoms with Crippen LogP contribution in [0.3, 0.4) is 0 Å². The summed E-state index contributed by atoms with van der Waals surface area (Å²) in [5.74, 6) is 0. The number of thiophene rings is 1. The number of nitrogens with zero attached hydrogens (tertiary/aromatic N) is 2. The molecule has 1 spiro atoms. The van der Waals surface area contributed by atoms with Gasteiger partial charge in [-0.25, -0.2) is 0 Å². The van der Waals surface area contributed by atoms with Gasteiger partial charge in [-0.15, -0.1) is 11.3 Å². The van der Waals surface area contributed by atoms with Crippen LogP contribution in [-0.4, -0.2) is 9.13 Å². The van der Waals surface area contributed by atoms with E-state index in [9.17, 15) is 0 Å². The summed E-state index contributed by atoms with van der Waals surface area (Å²) in [6, 6.07) is 73.3. The molecule has 0 atom stereocenters. The van der Waals surface area contributed by atoms with Crippen LogP contribution in [-0.2, 0) is 5.41 Å². The maximum atomic E-state index is 2.60. The highest BCUT2D eigenvalue weighted by atomic mass is 32.1. The zero-order valence-electron chi connectivity index (χ0n) is 34.8. The highest BCUT2D eigenvalue weighted by Gasteiger charge is 2.44. The third-order valence-electron chi connectivity index (χ3n) is 14.7. The fourth-order valence-electron chi connectivity index (χ4n) is 11.8. The van der Waals surface area contributed by atoms with Crippen molar-refractivity contribution in [2.45, 2.75) is 37.5 Å². The van der Waals surface area contributed by atoms with Crippen LogP contribution in [0.2, 0.25) is 0 Å². The number of fused-ring (bicyclic) bond motifs is 14. The van der Waals surface area contributed by atoms with Crippen molar-refractivity contribution >= 4 is 75.1 Å². The van der Waals surface area contributed by atoms with Crippen molar-refractivity contribution < 1.29 is 0 Å². The van der Waals surface area contributed by atoms with Crippen molar-refractivity contribution in [2.24, 2.45) is 0 Å². The van der Waals surface area contributed by atoms with Crippen LogP contribution in [0.25, 0.3) is 109 Å². The molecule has 3 aromatic heterocycles. The van der Waals surface area contributed by atoms with Crippen LogP contribution < -0.4 is 0 Å². The summed E-state index contributed by atoms with van der Waals surface area (Å²) in [6.45, 7) is 0. The van der Waals surface area contributed by atoms with E-state index in [1.54, 1.807) is 0 Å². The molecule has 9 aromatic carbocycles. The molecule has 2 nitrogen and oxygen atoms in total. The Morgan fingerprint density at radius 2 is 0.952 bits per heavy atom. The Bertz CT molecular complexity index is 3820. The molecule has 0 unspecified atom stereocenters. The van der Waals surface area contributed by atoms with Crippen LogP contribution >= 0.6 is 11.3 Å². The molecular weight excluding hydrogens is 781 g/mol. The molecule has 0 radical (unpaired) electrons. The van der Waals surface area contributed by atoms with Gasteiger partial charge < -0.3 is 9.13 Å². The molecule has 0 bridgehead atoms. The second-order valence-corrected chi connectivity index (χ2v) is 19.0. The molecule has 12 aromatic rings. The van der Waals surface area contributed by atoms with Crippen LogP contribution in [0.5, 0.6) is 0 Å². The first-order valence-corrected chi connectivity index (χ1v) is 23.4. The first kappa shape index (κ1) is 35.4. The van der Waals surface area contributed by atoms with E-state index >= 15 is 0 Å². The van der Waals surface area contributed by atoms with Crippen molar-refractivity contribution in [3.63, 3.8) is 0 Å². The third-order valence-corrected chi connectivity index (χ3v) is 15.9. The van der Waals surface area contributed by atoms with Crippen LogP contribution in [0.4, 0.5) is 0 Å². The molecule has 14 rings (SSSR count). The van der Waals surface area contributed by atoms with E-state index in [-0.39, 0.29) is 5.41 Å². The van der Waals surface area contributed by atoms with Crippen molar-refractivity contribution in [1.29, 1.82) is 0 Å². The Balaban J connectivity index is 0.972. The first-order valence-electron chi connectivity index (χ1n) is 22.5. The fraction of sp³-hybridized carbons (Fsp3) is 0.100. The van der Waals surface area contributed by atoms with E-state index in [1.807, 2.05) is 11.3 Å². The van der Waals surface area contributed by atoms with Gasteiger partial charge in [0, 0.05) is 58.5 Å². The molecule has 2 aliphatic carbocycles. The van der Waals surface area contributed by atoms with Gasteiger partial charge in [-0.1, -0.05) is 141 Å². The summed E-state index contributed by atoms with van der Waals surface area (Å²) in [5, 5.41) is 7.82. The summed E-state index contributed by atoms with van der Waals surface area (Å²) >= 11 is 1.87. The number of hydrogen-bond acceptors (Lipinski definition) is 1. The Morgan fingerprint density at radius 1 is 0.333 bits per heavy atom. The van der Waals surface area contributed by atoms with E-state index in [2.05, 4.69) is 203 Å². The van der Waals surface area contributed by atoms with Gasteiger partial charge in [-0.2, -0.15) is 0 Å². The summed E-state index contributed by atoms with van der Waals surface area (Å²) in [4.78, 5) is 0. The molecule has 0 N–H and O–H groups in total. The quantitative estimate of drug-likeness (QED) is 0.167. The molecule has 0 aliphatic heterocycles. The average Bonchev–Trinajstić information content (AvgIpc) is 4.06. The monoisotopic (exact) mass is 822 g/mol. The highest BCUT2D eigenvalue weighted by molar-refractivity contribution is 7.25. The molecule has 3 heteroatoms. The van der Waals surface area contributed by atoms with E-state index < -0.39 is 0 Å². The topological polar surface area (TPSA) is 9.86 Å². The van der Waals surface area contributed by atoms with Gasteiger partial charge in [0.2, 0.25) is 0 Å². The Hall–Kier alpha value is -7.20. The fourth-order valence-corrected chi connectivity index (χ4v) is 12.9. The number of hydrogen-bond donors (Lipinski definition) is 0. The molecule has 0 saturated heterocycles. The van der Waals surface area contributed by atoms with Crippen molar-refractivity contribution in [3.8, 4) is 44.8 Å². The SMILES string of the molecule is c1ccc(-c2ccc(-n3c4cc(-c5ccc6c(c5)c5ccccc5n6-c5ccc6sc7ccccc7c6c5)ccc4c4cc5c(cc43)-c3ccccc3C53CCCCC3)cc2)cc1. The molecule has 1 saturated carbocycles. The highest BCUT2D eigenvalue weighted by Crippen LogP contribution is 2.57. The third kappa shape index (κ3) is 5.12. The van der Waals surface area contributed by atoms with Gasteiger partial charge in [-0.3, -0.25) is 0 Å². The summed E-state index contributed by atoms with van der Waals surface area (Å²) in [7, 11) is 0. The average molecular weight is 823 g/mol. The first-order chi connectivity index (χ1) is 31.2. The van der Waals surface area contributed by atoms with Gasteiger partial charge in [0.05, 0.1) is 22.1 Å². The molecule has 2 aliphatic rings. The van der Waals surface area contributed by atoms with Gasteiger partial charge in [-0.05, 0) is 130 Å². The number of para-hydroxylation sites is 1. The largest absolute Gasteiger partial charge is 0.309 e. The van der Waals surface area contributed by atoms with E-state index in [1.165, 1.54) is 152 Å². The number of benzene rings is 9. The zero-order chi connectivity index (χ0) is 41.2. The Morgan fingerprint density at radius 3 is 1.84 bits per heavy atom. The van der Waals surface area contributed by atoms with Crippen LogP contribution in [0.15, 0.2) is 194 Å². The maximum absolute atomic E-state index is 2.60. The molecule has 63 heavy (non-hydrogen) atoms. The minimum absolute atomic E-state index is 0.0991. The molecule has 1 fully saturated rings. The lowest BCUT2D eigenvalue weighted by molar-refractivity contribution is 0.353. The van der Waals surface area contributed by atoms with Crippen molar-refractivity contribution in [2.75, 3.05) is 0 Å². The minimum Gasteiger partial charge on any atom is -0.309 e. The number of rotatable bonds is 4. The minimum atomic E-state index is 0.0991. The van der Waals surface area contributed by atoms with E-state index in [4.69, 9.17) is 0 Å². The Kier molecular flexibility index (Phi) is 7.53. The van der Waals surface area contributed by atoms with Crippen molar-refractivity contribution in [1.82, 2.24) is 9.13 Å². The van der Waals surface area contributed by atoms with Gasteiger partial charge in [0.1, 0.15) is 0 Å². The Labute approximate surface area is 369 Å². The molecular formula is C60H42N2S. The summed E-state index contributed by atoms with van der Waals surface area (Å²) in [6.07, 6.45) is 6.36. The lowest BCUT2D eigenvalue weighted by atomic mass is 9.68. The van der Waals surface area contributed by atoms with Gasteiger partial charge >= 0.3 is 0 Å². The molecule has 0 amide bonds. The maximum Gasteiger partial charge on any atom is 0.0547 e. The predicted octanol–water partition coefficient (Wildman–Crippen LogP) is 16.8. The van der Waals surface area contributed by atoms with Gasteiger partial charge in [0.25, 0.3) is 0 Å². The van der Waals surface area contributed by atoms with E-state index in [0.29, 0.717) is 0 Å². The normalized spacial score (nSPS) is 14.5. The second kappa shape index (κ2) is 13.4. The zero-order valence-corrected chi connectivity index (χ0v) is 35.6.